The number of aryl methyl sites for hydroxylation is 2. The molecule has 0 radical (unpaired) electrons. The number of carbonyl (C=O) groups is 3. The largest absolute Gasteiger partial charge is 0.465 e. The number of anilines is 2. The highest BCUT2D eigenvalue weighted by molar-refractivity contribution is 14.1. The van der Waals surface area contributed by atoms with Gasteiger partial charge in [0.1, 0.15) is 11.6 Å². The van der Waals surface area contributed by atoms with E-state index in [9.17, 15) is 14.4 Å². The van der Waals surface area contributed by atoms with Crippen LogP contribution in [0.4, 0.5) is 11.6 Å². The van der Waals surface area contributed by atoms with E-state index in [4.69, 9.17) is 5.73 Å². The number of methoxy groups -OCH3 is 2. The minimum Gasteiger partial charge on any atom is -0.465 e. The second kappa shape index (κ2) is 14.1. The second-order valence-electron chi connectivity index (χ2n) is 5.60. The monoisotopic (exact) mass is 658 g/mol. The number of hydrogen-bond acceptors (Lipinski definition) is 8. The lowest BCUT2D eigenvalue weighted by atomic mass is 10.2. The van der Waals surface area contributed by atoms with Crippen molar-refractivity contribution in [2.24, 2.45) is 0 Å². The Balaban J connectivity index is 0. The molecule has 0 saturated heterocycles. The van der Waals surface area contributed by atoms with Crippen LogP contribution in [0.15, 0.2) is 12.1 Å². The van der Waals surface area contributed by atoms with Crippen molar-refractivity contribution in [3.63, 3.8) is 0 Å². The molecule has 0 aliphatic carbocycles. The first-order chi connectivity index (χ1) is 13.5. The third kappa shape index (κ3) is 8.93. The maximum atomic E-state index is 11.4. The molecule has 31 heavy (non-hydrogen) atoms. The van der Waals surface area contributed by atoms with Gasteiger partial charge in [0, 0.05) is 6.92 Å². The van der Waals surface area contributed by atoms with Gasteiger partial charge in [0.15, 0.2) is 0 Å². The van der Waals surface area contributed by atoms with E-state index in [1.807, 2.05) is 45.2 Å². The van der Waals surface area contributed by atoms with Crippen molar-refractivity contribution >= 4 is 74.7 Å². The normalized spacial score (nSPS) is 9.13. The Kier molecular flexibility index (Phi) is 14.2. The molecule has 0 aliphatic heterocycles. The van der Waals surface area contributed by atoms with Crippen LogP contribution in [-0.2, 0) is 14.3 Å². The van der Waals surface area contributed by atoms with Gasteiger partial charge in [-0.1, -0.05) is 14.9 Å². The molecular weight excluding hydrogens is 630 g/mol. The van der Waals surface area contributed by atoms with Crippen molar-refractivity contribution < 1.29 is 23.9 Å². The topological polar surface area (TPSA) is 134 Å². The first-order valence-electron chi connectivity index (χ1n) is 8.05. The molecule has 11 heteroatoms. The molecule has 2 aromatic heterocycles. The zero-order valence-corrected chi connectivity index (χ0v) is 20.7. The van der Waals surface area contributed by atoms with Gasteiger partial charge < -0.3 is 20.5 Å². The van der Waals surface area contributed by atoms with Gasteiger partial charge >= 0.3 is 11.9 Å². The number of hydrogen-bond donors (Lipinski definition) is 2. The molecule has 2 aromatic rings. The van der Waals surface area contributed by atoms with Gasteiger partial charge in [0.2, 0.25) is 5.91 Å². The number of aromatic nitrogens is 2. The van der Waals surface area contributed by atoms with Crippen LogP contribution in [0.25, 0.3) is 0 Å². The van der Waals surface area contributed by atoms with E-state index in [0.717, 1.165) is 3.57 Å². The fourth-order valence-electron chi connectivity index (χ4n) is 2.07. The summed E-state index contributed by atoms with van der Waals surface area (Å²) in [4.78, 5) is 41.6. The molecule has 2 rings (SSSR count). The van der Waals surface area contributed by atoms with Crippen LogP contribution in [0.5, 0.6) is 0 Å². The second-order valence-corrected chi connectivity index (χ2v) is 7.93. The number of pyridine rings is 2. The Morgan fingerprint density at radius 1 is 0.903 bits per heavy atom. The maximum Gasteiger partial charge on any atom is 0.339 e. The van der Waals surface area contributed by atoms with Crippen LogP contribution in [-0.4, -0.2) is 42.0 Å². The summed E-state index contributed by atoms with van der Waals surface area (Å²) in [6.07, 6.45) is 0. The lowest BCUT2D eigenvalue weighted by molar-refractivity contribution is -0.114. The summed E-state index contributed by atoms with van der Waals surface area (Å²) in [6, 6.07) is 3.31. The first-order valence-corrected chi connectivity index (χ1v) is 10.2. The first kappa shape index (κ1) is 31.2. The fourth-order valence-corrected chi connectivity index (χ4v) is 3.07. The highest BCUT2D eigenvalue weighted by Crippen LogP contribution is 2.20. The number of nitrogens with two attached hydrogens (primary N) is 1. The molecule has 0 aliphatic rings. The van der Waals surface area contributed by atoms with Gasteiger partial charge in [-0.05, 0) is 71.2 Å². The zero-order valence-electron chi connectivity index (χ0n) is 16.4. The number of nitrogens with zero attached hydrogens (tertiary/aromatic N) is 2. The average Bonchev–Trinajstić information content (AvgIpc) is 2.66. The van der Waals surface area contributed by atoms with Crippen molar-refractivity contribution in [2.75, 3.05) is 25.3 Å². The molecule has 0 aromatic carbocycles. The van der Waals surface area contributed by atoms with Crippen molar-refractivity contribution in [3.05, 3.63) is 41.8 Å². The Labute approximate surface area is 210 Å². The minimum absolute atomic E-state index is 0. The van der Waals surface area contributed by atoms with Gasteiger partial charge in [-0.2, -0.15) is 0 Å². The van der Waals surface area contributed by atoms with Gasteiger partial charge in [-0.3, -0.25) is 4.79 Å². The lowest BCUT2D eigenvalue weighted by Crippen LogP contribution is -2.12. The van der Waals surface area contributed by atoms with Crippen molar-refractivity contribution in [2.45, 2.75) is 35.6 Å². The SMILES string of the molecule is C.C.COC(=O)c1cc(I)c(N)nc1C.COC(=O)c1cc(I)c(NC(C)=O)nc1C. The Bertz CT molecular complexity index is 952. The van der Waals surface area contributed by atoms with Crippen LogP contribution in [0, 0.1) is 21.0 Å². The molecule has 1 amide bonds. The molecule has 0 saturated carbocycles. The van der Waals surface area contributed by atoms with E-state index in [2.05, 4.69) is 24.8 Å². The summed E-state index contributed by atoms with van der Waals surface area (Å²) in [6.45, 7) is 4.81. The van der Waals surface area contributed by atoms with Gasteiger partial charge in [0.05, 0.1) is 43.9 Å². The maximum absolute atomic E-state index is 11.4. The summed E-state index contributed by atoms with van der Waals surface area (Å²) in [5.74, 6) is -0.125. The standard InChI is InChI=1S/C10H11IN2O3.C8H9IN2O2.2CH4/c1-5-7(10(15)16-3)4-8(11)9(12-5)13-6(2)14;1-4-5(8(12)13-2)3-6(9)7(10)11-4;;/h4H,1-3H3,(H,12,13,14);3H,1-2H3,(H2,10,11);2*1H4. The number of amides is 1. The van der Waals surface area contributed by atoms with E-state index in [-0.39, 0.29) is 26.7 Å². The number of rotatable bonds is 3. The summed E-state index contributed by atoms with van der Waals surface area (Å²) in [5.41, 5.74) is 7.54. The van der Waals surface area contributed by atoms with Crippen molar-refractivity contribution in [3.8, 4) is 0 Å². The Hall–Kier alpha value is -2.03. The Morgan fingerprint density at radius 3 is 1.74 bits per heavy atom. The molecule has 0 atom stereocenters. The molecule has 172 valence electrons. The van der Waals surface area contributed by atoms with Crippen LogP contribution < -0.4 is 11.1 Å². The predicted molar refractivity (Wildman–Crippen MR) is 138 cm³/mol. The van der Waals surface area contributed by atoms with Gasteiger partial charge in [-0.15, -0.1) is 0 Å². The highest BCUT2D eigenvalue weighted by Gasteiger charge is 2.14. The van der Waals surface area contributed by atoms with Crippen LogP contribution >= 0.6 is 45.2 Å². The highest BCUT2D eigenvalue weighted by atomic mass is 127. The number of halogens is 2. The number of carbonyl (C=O) groups excluding carboxylic acids is 3. The predicted octanol–water partition coefficient (Wildman–Crippen LogP) is 4.38. The smallest absolute Gasteiger partial charge is 0.339 e. The minimum atomic E-state index is -0.433. The number of nitrogens with one attached hydrogen (secondary N) is 1. The molecule has 0 unspecified atom stereocenters. The van der Waals surface area contributed by atoms with E-state index in [0.29, 0.717) is 37.7 Å². The Morgan fingerprint density at radius 2 is 1.32 bits per heavy atom. The van der Waals surface area contributed by atoms with Crippen LogP contribution in [0.1, 0.15) is 53.9 Å². The van der Waals surface area contributed by atoms with Crippen molar-refractivity contribution in [1.29, 1.82) is 0 Å². The summed E-state index contributed by atoms with van der Waals surface area (Å²) in [7, 11) is 2.65. The van der Waals surface area contributed by atoms with E-state index in [1.54, 1.807) is 26.0 Å². The molecule has 0 fully saturated rings. The van der Waals surface area contributed by atoms with Gasteiger partial charge in [-0.25, -0.2) is 19.6 Å². The molecule has 2 heterocycles. The third-order valence-electron chi connectivity index (χ3n) is 3.47. The van der Waals surface area contributed by atoms with Crippen molar-refractivity contribution in [1.82, 2.24) is 9.97 Å². The molecule has 0 bridgehead atoms. The van der Waals surface area contributed by atoms with Crippen LogP contribution in [0.3, 0.4) is 0 Å². The third-order valence-corrected chi connectivity index (χ3v) is 5.15. The summed E-state index contributed by atoms with van der Waals surface area (Å²) >= 11 is 4.02. The zero-order chi connectivity index (χ0) is 22.3. The van der Waals surface area contributed by atoms with Gasteiger partial charge in [0.25, 0.3) is 0 Å². The summed E-state index contributed by atoms with van der Waals surface area (Å²) < 4.78 is 10.7. The molecule has 0 spiro atoms. The van der Waals surface area contributed by atoms with E-state index >= 15 is 0 Å². The van der Waals surface area contributed by atoms with Crippen LogP contribution in [0.2, 0.25) is 0 Å². The van der Waals surface area contributed by atoms with E-state index in [1.165, 1.54) is 21.1 Å². The van der Waals surface area contributed by atoms with E-state index < -0.39 is 5.97 Å². The number of esters is 2. The molecule has 3 N–H and O–H groups in total. The quantitative estimate of drug-likeness (QED) is 0.367. The summed E-state index contributed by atoms with van der Waals surface area (Å²) in [5, 5.41) is 2.59. The number of nitrogen functional groups attached to an aromatic ring is 1. The molecule has 9 nitrogen and oxygen atoms in total. The average molecular weight is 658 g/mol. The fraction of sp³-hybridized carbons (Fsp3) is 0.350. The molecular formula is C20H28I2N4O5. The lowest BCUT2D eigenvalue weighted by Gasteiger charge is -2.08. The number of ether oxygens (including phenoxy) is 2.